The van der Waals surface area contributed by atoms with Crippen molar-refractivity contribution in [3.05, 3.63) is 76.3 Å². The van der Waals surface area contributed by atoms with E-state index in [1.807, 2.05) is 0 Å². The van der Waals surface area contributed by atoms with Gasteiger partial charge in [0.1, 0.15) is 12.4 Å². The number of hydrogen-bond acceptors (Lipinski definition) is 5. The minimum absolute atomic E-state index is 0. The number of alkyl halides is 5. The van der Waals surface area contributed by atoms with E-state index in [9.17, 15) is 22.4 Å². The van der Waals surface area contributed by atoms with Crippen LogP contribution in [0.25, 0.3) is 10.8 Å². The molecule has 3 aromatic carbocycles. The summed E-state index contributed by atoms with van der Waals surface area (Å²) in [5.74, 6) is -5.90. The molecule has 0 unspecified atom stereocenters. The van der Waals surface area contributed by atoms with Crippen molar-refractivity contribution in [1.29, 1.82) is 0 Å². The lowest BCUT2D eigenvalue weighted by Crippen LogP contribution is -2.29. The topological polar surface area (TPSA) is 132 Å². The molecule has 228 valence electrons. The van der Waals surface area contributed by atoms with Crippen molar-refractivity contribution in [2.24, 2.45) is 16.6 Å². The summed E-state index contributed by atoms with van der Waals surface area (Å²) in [6.07, 6.45) is -6.14. The number of fused-ring (bicyclic) bond motifs is 1. The van der Waals surface area contributed by atoms with Gasteiger partial charge in [-0.1, -0.05) is 35.9 Å². The number of aldehydes is 1. The Labute approximate surface area is 237 Å². The lowest BCUT2D eigenvalue weighted by atomic mass is 9.99. The second-order valence-corrected chi connectivity index (χ2v) is 8.53. The van der Waals surface area contributed by atoms with Gasteiger partial charge in [-0.2, -0.15) is 22.0 Å². The first-order valence-corrected chi connectivity index (χ1v) is 11.8. The van der Waals surface area contributed by atoms with Crippen molar-refractivity contribution in [3.8, 4) is 0 Å². The van der Waals surface area contributed by atoms with Crippen LogP contribution in [-0.2, 0) is 26.8 Å². The summed E-state index contributed by atoms with van der Waals surface area (Å²) in [5, 5.41) is 8.18. The summed E-state index contributed by atoms with van der Waals surface area (Å²) in [7, 11) is 0. The second kappa shape index (κ2) is 14.4. The highest BCUT2D eigenvalue weighted by molar-refractivity contribution is 6.31. The molecule has 0 aromatic heterocycles. The van der Waals surface area contributed by atoms with Gasteiger partial charge < -0.3 is 26.9 Å². The fourth-order valence-corrected chi connectivity index (χ4v) is 3.57. The highest BCUT2D eigenvalue weighted by Crippen LogP contribution is 2.35. The Morgan fingerprint density at radius 1 is 1.02 bits per heavy atom. The lowest BCUT2D eigenvalue weighted by molar-refractivity contribution is -0.156. The number of carbonyl (C=O) groups is 2. The van der Waals surface area contributed by atoms with Crippen molar-refractivity contribution in [1.82, 2.24) is 5.32 Å². The molecule has 1 amide bonds. The number of nitrogens with zero attached hydrogens (tertiary/aromatic N) is 1. The molecular weight excluding hydrogens is 587 g/mol. The van der Waals surface area contributed by atoms with Crippen LogP contribution in [0.15, 0.2) is 53.7 Å². The fraction of sp³-hybridized carbons (Fsp3) is 0.240. The summed E-state index contributed by atoms with van der Waals surface area (Å²) in [5.41, 5.74) is 9.34. The van der Waals surface area contributed by atoms with Gasteiger partial charge in [0.15, 0.2) is 5.82 Å². The molecule has 0 aliphatic heterocycles. The van der Waals surface area contributed by atoms with Gasteiger partial charge in [0, 0.05) is 25.8 Å². The average molecular weight is 616 g/mol. The van der Waals surface area contributed by atoms with Crippen LogP contribution >= 0.6 is 11.6 Å². The predicted octanol–water partition coefficient (Wildman–Crippen LogP) is 5.32. The van der Waals surface area contributed by atoms with Crippen LogP contribution in [0.1, 0.15) is 15.4 Å². The van der Waals surface area contributed by atoms with Crippen LogP contribution in [0.4, 0.5) is 36.4 Å². The monoisotopic (exact) mass is 615 g/mol. The van der Waals surface area contributed by atoms with Crippen molar-refractivity contribution in [3.63, 3.8) is 0 Å². The van der Waals surface area contributed by atoms with Gasteiger partial charge in [-0.3, -0.25) is 9.59 Å². The number of anilines is 1. The third-order valence-electron chi connectivity index (χ3n) is 5.11. The van der Waals surface area contributed by atoms with Crippen LogP contribution in [0.2, 0.25) is 5.02 Å². The Morgan fingerprint density at radius 3 is 2.27 bits per heavy atom. The number of hydrogen-bond donors (Lipinski definition) is 4. The molecule has 6 N–H and O–H groups in total. The zero-order valence-corrected chi connectivity index (χ0v) is 21.6. The molecule has 8 nitrogen and oxygen atoms in total. The molecule has 0 radical (unpaired) electrons. The molecule has 0 aliphatic rings. The Morgan fingerprint density at radius 2 is 1.66 bits per heavy atom. The number of rotatable bonds is 10. The van der Waals surface area contributed by atoms with Crippen molar-refractivity contribution >= 4 is 46.2 Å². The van der Waals surface area contributed by atoms with E-state index >= 15 is 13.2 Å². The van der Waals surface area contributed by atoms with Crippen LogP contribution in [0.3, 0.4) is 0 Å². The van der Waals surface area contributed by atoms with Crippen LogP contribution in [0.5, 0.6) is 0 Å². The molecule has 3 rings (SSSR count). The van der Waals surface area contributed by atoms with Crippen LogP contribution in [0, 0.1) is 11.6 Å². The van der Waals surface area contributed by atoms with E-state index in [1.165, 1.54) is 30.3 Å². The summed E-state index contributed by atoms with van der Waals surface area (Å²) in [6, 6.07) is 10.3. The minimum atomic E-state index is -4.64. The molecule has 0 spiro atoms. The fourth-order valence-electron chi connectivity index (χ4n) is 3.36. The van der Waals surface area contributed by atoms with Gasteiger partial charge in [-0.25, -0.2) is 8.78 Å². The van der Waals surface area contributed by atoms with Crippen LogP contribution < -0.4 is 22.1 Å². The Hall–Kier alpha value is -4.27. The minimum Gasteiger partial charge on any atom is -0.391 e. The maximum atomic E-state index is 15.0. The highest BCUT2D eigenvalue weighted by atomic mass is 35.5. The van der Waals surface area contributed by atoms with Gasteiger partial charge in [0.2, 0.25) is 18.2 Å². The summed E-state index contributed by atoms with van der Waals surface area (Å²) in [6.45, 7) is -0.978. The van der Waals surface area contributed by atoms with E-state index in [4.69, 9.17) is 32.7 Å². The van der Waals surface area contributed by atoms with Crippen LogP contribution in [-0.4, -0.2) is 44.0 Å². The van der Waals surface area contributed by atoms with Gasteiger partial charge in [0.05, 0.1) is 25.2 Å². The van der Waals surface area contributed by atoms with Crippen molar-refractivity contribution in [2.75, 3.05) is 25.0 Å². The normalized spacial score (nSPS) is 11.2. The Balaban J connectivity index is 0. The van der Waals surface area contributed by atoms with E-state index in [0.717, 1.165) is 12.1 Å². The molecule has 0 atom stereocenters. The van der Waals surface area contributed by atoms with E-state index in [0.29, 0.717) is 0 Å². The Kier molecular flexibility index (Phi) is 11.6. The number of amides is 1. The van der Waals surface area contributed by atoms with Gasteiger partial charge in [0.25, 0.3) is 5.92 Å². The molecule has 0 bridgehead atoms. The van der Waals surface area contributed by atoms with Gasteiger partial charge in [-0.05, 0) is 34.8 Å². The zero-order valence-electron chi connectivity index (χ0n) is 20.9. The van der Waals surface area contributed by atoms with E-state index in [2.05, 4.69) is 15.8 Å². The molecule has 0 heterocycles. The van der Waals surface area contributed by atoms with E-state index in [1.54, 1.807) is 6.07 Å². The standard InChI is InChI=1S/C23H22ClF4N5O2.C2HF3O.3H2/c24-17-6-8-19(21(26)15(17)11-20(34)31-9-10-35-33-22(29)30)32-12-23(27,28)16-5-7-18(25)14-4-2-1-3-13(14)16;3-2(4,5)1-6;;;/h1-8,32H,9-12H2,(H,31,34)(H4,29,30,33);1H;3*1H. The largest absolute Gasteiger partial charge is 0.446 e. The van der Waals surface area contributed by atoms with E-state index < -0.39 is 54.5 Å². The number of benzene rings is 3. The third-order valence-corrected chi connectivity index (χ3v) is 5.46. The quantitative estimate of drug-likeness (QED) is 0.0609. The molecular formula is C25H29ClF7N5O3. The molecule has 3 aromatic rings. The first-order valence-electron chi connectivity index (χ1n) is 11.4. The first kappa shape index (κ1) is 32.9. The molecule has 0 fully saturated rings. The molecule has 16 heteroatoms. The zero-order chi connectivity index (χ0) is 30.8. The lowest BCUT2D eigenvalue weighted by Gasteiger charge is -2.21. The summed E-state index contributed by atoms with van der Waals surface area (Å²) in [4.78, 5) is 25.5. The number of oxime groups is 1. The SMILES string of the molecule is NC(N)=NOCCNC(=O)Cc1c(Cl)ccc(NCC(F)(F)c2ccc(F)c3ccccc23)c1F.O=CC(F)(F)F.[HH].[HH].[HH]. The number of halogens is 8. The summed E-state index contributed by atoms with van der Waals surface area (Å²) >= 11 is 6.03. The predicted molar refractivity (Wildman–Crippen MR) is 145 cm³/mol. The number of nitrogens with two attached hydrogens (primary N) is 2. The molecule has 41 heavy (non-hydrogen) atoms. The third kappa shape index (κ3) is 10.0. The van der Waals surface area contributed by atoms with Crippen molar-refractivity contribution < 1.29 is 49.4 Å². The maximum Gasteiger partial charge on any atom is 0.446 e. The van der Waals surface area contributed by atoms with E-state index in [-0.39, 0.29) is 50.4 Å². The first-order chi connectivity index (χ1) is 19.2. The number of carbonyl (C=O) groups excluding carboxylic acids is 2. The number of nitrogens with one attached hydrogen (secondary N) is 2. The smallest absolute Gasteiger partial charge is 0.391 e. The maximum absolute atomic E-state index is 15.0. The molecule has 0 saturated carbocycles. The van der Waals surface area contributed by atoms with Gasteiger partial charge in [-0.15, -0.1) is 0 Å². The van der Waals surface area contributed by atoms with Crippen molar-refractivity contribution in [2.45, 2.75) is 18.5 Å². The summed E-state index contributed by atoms with van der Waals surface area (Å²) < 4.78 is 90.4. The molecule has 0 aliphatic carbocycles. The number of guanidine groups is 1. The average Bonchev–Trinajstić information content (AvgIpc) is 2.90. The molecule has 0 saturated heterocycles. The highest BCUT2D eigenvalue weighted by Gasteiger charge is 2.34. The van der Waals surface area contributed by atoms with Gasteiger partial charge >= 0.3 is 6.18 Å². The Bertz CT molecular complexity index is 1420. The second-order valence-electron chi connectivity index (χ2n) is 8.12.